The largest absolute Gasteiger partial charge is 0.500 e. The van der Waals surface area contributed by atoms with Crippen LogP contribution in [0.15, 0.2) is 0 Å². The van der Waals surface area contributed by atoms with Gasteiger partial charge in [0, 0.05) is 38.7 Å². The van der Waals surface area contributed by atoms with Gasteiger partial charge in [-0.2, -0.15) is 0 Å². The highest BCUT2D eigenvalue weighted by molar-refractivity contribution is 6.60. The Morgan fingerprint density at radius 2 is 1.15 bits per heavy atom. The summed E-state index contributed by atoms with van der Waals surface area (Å²) in [5.74, 6) is -0.265. The normalized spacial score (nSPS) is 11.9. The number of hydrogen-bond acceptors (Lipinski definition) is 5. The van der Waals surface area contributed by atoms with Gasteiger partial charge in [0.05, 0.1) is 5.92 Å². The summed E-state index contributed by atoms with van der Waals surface area (Å²) in [7, 11) is -2.71. The maximum absolute atomic E-state index is 12.5. The Labute approximate surface area is 161 Å². The molecule has 0 aromatic carbocycles. The lowest BCUT2D eigenvalue weighted by Gasteiger charge is -2.28. The van der Waals surface area contributed by atoms with Gasteiger partial charge in [-0.25, -0.2) is 0 Å². The van der Waals surface area contributed by atoms with Gasteiger partial charge < -0.3 is 13.3 Å². The van der Waals surface area contributed by atoms with E-state index in [1.54, 1.807) is 0 Å². The van der Waals surface area contributed by atoms with Crippen LogP contribution in [0.5, 0.6) is 0 Å². The molecule has 0 amide bonds. The Morgan fingerprint density at radius 1 is 0.731 bits per heavy atom. The lowest BCUT2D eigenvalue weighted by Crippen LogP contribution is -2.46. The van der Waals surface area contributed by atoms with E-state index in [4.69, 9.17) is 13.3 Å². The Hall–Kier alpha value is -0.563. The number of rotatable bonds is 18. The van der Waals surface area contributed by atoms with Crippen molar-refractivity contribution in [2.45, 2.75) is 92.0 Å². The molecule has 0 aromatic rings. The van der Waals surface area contributed by atoms with Gasteiger partial charge in [-0.3, -0.25) is 9.59 Å². The average Bonchev–Trinajstić information content (AvgIpc) is 2.62. The molecular formula is C20H40O5Si. The van der Waals surface area contributed by atoms with Crippen LogP contribution in [0.3, 0.4) is 0 Å². The molecule has 0 spiro atoms. The quantitative estimate of drug-likeness (QED) is 0.245. The Kier molecular flexibility index (Phi) is 15.2. The van der Waals surface area contributed by atoms with E-state index in [1.807, 2.05) is 20.8 Å². The summed E-state index contributed by atoms with van der Waals surface area (Å²) in [5.41, 5.74) is 0. The molecule has 0 fully saturated rings. The molecule has 0 heterocycles. The van der Waals surface area contributed by atoms with E-state index in [1.165, 1.54) is 0 Å². The van der Waals surface area contributed by atoms with Gasteiger partial charge in [-0.15, -0.1) is 0 Å². The van der Waals surface area contributed by atoms with E-state index < -0.39 is 14.7 Å². The van der Waals surface area contributed by atoms with Gasteiger partial charge >= 0.3 is 8.80 Å². The van der Waals surface area contributed by atoms with Crippen molar-refractivity contribution in [3.63, 3.8) is 0 Å². The molecule has 0 aromatic heterocycles. The summed E-state index contributed by atoms with van der Waals surface area (Å²) in [6, 6.07) is 0.654. The molecule has 5 nitrogen and oxygen atoms in total. The third-order valence-corrected chi connectivity index (χ3v) is 7.55. The minimum Gasteiger partial charge on any atom is -0.374 e. The minimum atomic E-state index is -2.71. The summed E-state index contributed by atoms with van der Waals surface area (Å²) < 4.78 is 17.6. The lowest BCUT2D eigenvalue weighted by molar-refractivity contribution is -0.133. The summed E-state index contributed by atoms with van der Waals surface area (Å²) in [5, 5.41) is 0. The molecule has 0 unspecified atom stereocenters. The van der Waals surface area contributed by atoms with E-state index >= 15 is 0 Å². The minimum absolute atomic E-state index is 0.101. The number of Topliss-reactive ketones (excluding diaryl/α,β-unsaturated/α-hetero) is 2. The zero-order chi connectivity index (χ0) is 19.8. The molecular weight excluding hydrogens is 348 g/mol. The predicted octanol–water partition coefficient (Wildman–Crippen LogP) is 4.95. The van der Waals surface area contributed by atoms with Crippen LogP contribution in [-0.2, 0) is 22.9 Å². The van der Waals surface area contributed by atoms with Crippen molar-refractivity contribution in [2.75, 3.05) is 19.8 Å². The second kappa shape index (κ2) is 15.5. The number of carbonyl (C=O) groups excluding carboxylic acids is 2. The molecule has 0 radical (unpaired) electrons. The molecule has 0 rings (SSSR count). The molecule has 0 aliphatic heterocycles. The predicted molar refractivity (Wildman–Crippen MR) is 107 cm³/mol. The number of unbranched alkanes of at least 4 members (excludes halogenated alkanes) is 2. The average molecular weight is 389 g/mol. The van der Waals surface area contributed by atoms with Crippen molar-refractivity contribution in [3.05, 3.63) is 0 Å². The second-order valence-corrected chi connectivity index (χ2v) is 9.30. The van der Waals surface area contributed by atoms with Gasteiger partial charge in [0.25, 0.3) is 0 Å². The van der Waals surface area contributed by atoms with Gasteiger partial charge in [0.15, 0.2) is 0 Å². The zero-order valence-electron chi connectivity index (χ0n) is 17.6. The van der Waals surface area contributed by atoms with Crippen LogP contribution >= 0.6 is 0 Å². The third-order valence-electron chi connectivity index (χ3n) is 4.40. The molecule has 0 bridgehead atoms. The van der Waals surface area contributed by atoms with Crippen LogP contribution < -0.4 is 0 Å². The lowest BCUT2D eigenvalue weighted by atomic mass is 9.89. The fourth-order valence-corrected chi connectivity index (χ4v) is 5.72. The van der Waals surface area contributed by atoms with E-state index in [-0.39, 0.29) is 11.6 Å². The molecule has 0 saturated carbocycles. The number of hydrogen-bond donors (Lipinski definition) is 0. The Bertz CT molecular complexity index is 349. The Balaban J connectivity index is 4.90. The Morgan fingerprint density at radius 3 is 1.50 bits per heavy atom. The van der Waals surface area contributed by atoms with Crippen LogP contribution in [0.1, 0.15) is 86.0 Å². The van der Waals surface area contributed by atoms with E-state index in [9.17, 15) is 9.59 Å². The molecule has 6 heteroatoms. The van der Waals surface area contributed by atoms with E-state index in [2.05, 4.69) is 13.8 Å². The fraction of sp³-hybridized carbons (Fsp3) is 0.900. The van der Waals surface area contributed by atoms with Crippen molar-refractivity contribution < 1.29 is 22.9 Å². The van der Waals surface area contributed by atoms with Gasteiger partial charge in [0.1, 0.15) is 11.6 Å². The molecule has 0 aliphatic rings. The van der Waals surface area contributed by atoms with E-state index in [0.717, 1.165) is 25.7 Å². The summed E-state index contributed by atoms with van der Waals surface area (Å²) >= 11 is 0. The van der Waals surface area contributed by atoms with Gasteiger partial charge in [0.2, 0.25) is 0 Å². The van der Waals surface area contributed by atoms with Crippen molar-refractivity contribution >= 4 is 20.4 Å². The highest BCUT2D eigenvalue weighted by Crippen LogP contribution is 2.24. The van der Waals surface area contributed by atoms with Crippen molar-refractivity contribution in [1.82, 2.24) is 0 Å². The summed E-state index contributed by atoms with van der Waals surface area (Å²) in [6.45, 7) is 11.6. The topological polar surface area (TPSA) is 61.8 Å². The standard InChI is InChI=1S/C20H40O5Si/c1-6-11-15-19(21)18(20(22)16-12-7-2)14-13-17-26(23-8-3,24-9-4)25-10-5/h18H,6-17H2,1-5H3. The van der Waals surface area contributed by atoms with Crippen LogP contribution in [0.4, 0.5) is 0 Å². The molecule has 0 N–H and O–H groups in total. The molecule has 0 aliphatic carbocycles. The summed E-state index contributed by atoms with van der Waals surface area (Å²) in [6.07, 6.45) is 5.94. The number of carbonyl (C=O) groups is 2. The second-order valence-electron chi connectivity index (χ2n) is 6.57. The van der Waals surface area contributed by atoms with Crippen molar-refractivity contribution in [2.24, 2.45) is 5.92 Å². The first kappa shape index (κ1) is 25.4. The molecule has 26 heavy (non-hydrogen) atoms. The van der Waals surface area contributed by atoms with Gasteiger partial charge in [-0.05, 0) is 46.5 Å². The molecule has 0 saturated heterocycles. The SMILES string of the molecule is CCCCC(=O)C(CCC[Si](OCC)(OCC)OCC)C(=O)CCCC. The van der Waals surface area contributed by atoms with Crippen molar-refractivity contribution in [1.29, 1.82) is 0 Å². The van der Waals surface area contributed by atoms with Gasteiger partial charge in [-0.1, -0.05) is 26.7 Å². The highest BCUT2D eigenvalue weighted by atomic mass is 28.4. The maximum Gasteiger partial charge on any atom is 0.500 e. The van der Waals surface area contributed by atoms with Crippen molar-refractivity contribution in [3.8, 4) is 0 Å². The smallest absolute Gasteiger partial charge is 0.374 e. The van der Waals surface area contributed by atoms with Crippen LogP contribution in [-0.4, -0.2) is 40.2 Å². The van der Waals surface area contributed by atoms with Crippen LogP contribution in [0.2, 0.25) is 6.04 Å². The highest BCUT2D eigenvalue weighted by Gasteiger charge is 2.40. The molecule has 0 atom stereocenters. The first-order chi connectivity index (χ1) is 12.5. The first-order valence-corrected chi connectivity index (χ1v) is 12.4. The zero-order valence-corrected chi connectivity index (χ0v) is 18.6. The monoisotopic (exact) mass is 388 g/mol. The molecule has 154 valence electrons. The van der Waals surface area contributed by atoms with Crippen LogP contribution in [0.25, 0.3) is 0 Å². The third kappa shape index (κ3) is 9.95. The van der Waals surface area contributed by atoms with E-state index in [0.29, 0.717) is 51.5 Å². The maximum atomic E-state index is 12.5. The number of ketones is 2. The summed E-state index contributed by atoms with van der Waals surface area (Å²) in [4.78, 5) is 25.1. The van der Waals surface area contributed by atoms with Crippen LogP contribution in [0, 0.1) is 5.92 Å². The first-order valence-electron chi connectivity index (χ1n) is 10.5. The fourth-order valence-electron chi connectivity index (χ4n) is 3.08.